The Labute approximate surface area is 115 Å². The van der Waals surface area contributed by atoms with Crippen LogP contribution in [0.5, 0.6) is 0 Å². The lowest BCUT2D eigenvalue weighted by Crippen LogP contribution is -2.34. The van der Waals surface area contributed by atoms with Crippen LogP contribution in [0.2, 0.25) is 0 Å². The molecule has 1 N–H and O–H groups in total. The van der Waals surface area contributed by atoms with Crippen LogP contribution in [0.1, 0.15) is 50.2 Å². The molecule has 1 aliphatic carbocycles. The van der Waals surface area contributed by atoms with Gasteiger partial charge in [-0.1, -0.05) is 31.2 Å². The van der Waals surface area contributed by atoms with E-state index in [2.05, 4.69) is 36.1 Å². The molecular weight excluding hydrogens is 238 g/mol. The van der Waals surface area contributed by atoms with Gasteiger partial charge in [0.25, 0.3) is 0 Å². The summed E-state index contributed by atoms with van der Waals surface area (Å²) in [5.74, 6) is 0.0196. The van der Waals surface area contributed by atoms with Crippen molar-refractivity contribution in [3.63, 3.8) is 0 Å². The van der Waals surface area contributed by atoms with Gasteiger partial charge in [-0.3, -0.25) is 9.69 Å². The highest BCUT2D eigenvalue weighted by Gasteiger charge is 2.26. The van der Waals surface area contributed by atoms with Gasteiger partial charge in [0, 0.05) is 12.6 Å². The fraction of sp³-hybridized carbons (Fsp3) is 0.562. The summed E-state index contributed by atoms with van der Waals surface area (Å²) in [6.45, 7) is 5.83. The summed E-state index contributed by atoms with van der Waals surface area (Å²) < 4.78 is 0. The average molecular weight is 261 g/mol. The Kier molecular flexibility index (Phi) is 4.59. The van der Waals surface area contributed by atoms with Gasteiger partial charge in [-0.05, 0) is 43.4 Å². The van der Waals surface area contributed by atoms with Gasteiger partial charge < -0.3 is 5.11 Å². The zero-order valence-electron chi connectivity index (χ0n) is 11.8. The zero-order valence-corrected chi connectivity index (χ0v) is 11.8. The van der Waals surface area contributed by atoms with Gasteiger partial charge in [-0.25, -0.2) is 0 Å². The van der Waals surface area contributed by atoms with E-state index in [1.165, 1.54) is 24.0 Å². The van der Waals surface area contributed by atoms with Crippen LogP contribution in [-0.2, 0) is 11.3 Å². The molecule has 19 heavy (non-hydrogen) atoms. The molecule has 0 radical (unpaired) electrons. The lowest BCUT2D eigenvalue weighted by atomic mass is 10.0. The lowest BCUT2D eigenvalue weighted by Gasteiger charge is -2.27. The maximum absolute atomic E-state index is 10.8. The van der Waals surface area contributed by atoms with Crippen molar-refractivity contribution in [2.75, 3.05) is 6.54 Å². The van der Waals surface area contributed by atoms with Crippen molar-refractivity contribution in [2.45, 2.75) is 51.6 Å². The van der Waals surface area contributed by atoms with Crippen molar-refractivity contribution in [1.29, 1.82) is 0 Å². The van der Waals surface area contributed by atoms with Crippen molar-refractivity contribution >= 4 is 5.97 Å². The van der Waals surface area contributed by atoms with Crippen LogP contribution in [-0.4, -0.2) is 28.6 Å². The lowest BCUT2D eigenvalue weighted by molar-refractivity contribution is -0.138. The Balaban J connectivity index is 2.07. The molecule has 1 atom stereocenters. The van der Waals surface area contributed by atoms with E-state index in [0.717, 1.165) is 19.0 Å². The van der Waals surface area contributed by atoms with Crippen molar-refractivity contribution in [1.82, 2.24) is 4.90 Å². The van der Waals surface area contributed by atoms with E-state index >= 15 is 0 Å². The van der Waals surface area contributed by atoms with Crippen molar-refractivity contribution < 1.29 is 9.90 Å². The van der Waals surface area contributed by atoms with Gasteiger partial charge in [-0.15, -0.1) is 0 Å². The van der Waals surface area contributed by atoms with E-state index in [1.54, 1.807) is 0 Å². The number of carbonyl (C=O) groups is 1. The summed E-state index contributed by atoms with van der Waals surface area (Å²) in [7, 11) is 0. The van der Waals surface area contributed by atoms with E-state index in [-0.39, 0.29) is 12.5 Å². The minimum Gasteiger partial charge on any atom is -0.481 e. The maximum atomic E-state index is 10.8. The highest BCUT2D eigenvalue weighted by Crippen LogP contribution is 2.41. The Bertz CT molecular complexity index is 440. The quantitative estimate of drug-likeness (QED) is 0.819. The molecular formula is C16H23NO2. The Morgan fingerprint density at radius 2 is 2.11 bits per heavy atom. The summed E-state index contributed by atoms with van der Waals surface area (Å²) >= 11 is 0. The molecule has 3 nitrogen and oxygen atoms in total. The summed E-state index contributed by atoms with van der Waals surface area (Å²) in [5.41, 5.74) is 2.83. The first kappa shape index (κ1) is 14.1. The highest BCUT2D eigenvalue weighted by atomic mass is 16.4. The maximum Gasteiger partial charge on any atom is 0.304 e. The number of hydrogen-bond acceptors (Lipinski definition) is 2. The predicted molar refractivity (Wildman–Crippen MR) is 76.2 cm³/mol. The SMILES string of the molecule is CCN(Cc1ccccc1C1CC1)C(C)CC(=O)O. The molecule has 1 unspecified atom stereocenters. The number of aliphatic carboxylic acids is 1. The van der Waals surface area contributed by atoms with Crippen molar-refractivity contribution in [3.8, 4) is 0 Å². The predicted octanol–water partition coefficient (Wildman–Crippen LogP) is 3.25. The molecule has 1 aliphatic rings. The van der Waals surface area contributed by atoms with E-state index in [9.17, 15) is 4.79 Å². The van der Waals surface area contributed by atoms with Gasteiger partial charge in [0.1, 0.15) is 0 Å². The standard InChI is InChI=1S/C16H23NO2/c1-3-17(12(2)10-16(18)19)11-14-6-4-5-7-15(14)13-8-9-13/h4-7,12-13H,3,8-11H2,1-2H3,(H,18,19). The van der Waals surface area contributed by atoms with Gasteiger partial charge in [-0.2, -0.15) is 0 Å². The molecule has 0 bridgehead atoms. The first-order valence-electron chi connectivity index (χ1n) is 7.15. The van der Waals surface area contributed by atoms with E-state index < -0.39 is 5.97 Å². The third kappa shape index (κ3) is 3.80. The number of benzene rings is 1. The molecule has 1 aromatic rings. The summed E-state index contributed by atoms with van der Waals surface area (Å²) in [4.78, 5) is 13.1. The Hall–Kier alpha value is -1.35. The molecule has 104 valence electrons. The van der Waals surface area contributed by atoms with Gasteiger partial charge in [0.05, 0.1) is 6.42 Å². The number of hydrogen-bond donors (Lipinski definition) is 1. The van der Waals surface area contributed by atoms with Crippen LogP contribution < -0.4 is 0 Å². The highest BCUT2D eigenvalue weighted by molar-refractivity contribution is 5.67. The molecule has 2 rings (SSSR count). The smallest absolute Gasteiger partial charge is 0.304 e. The number of nitrogens with zero attached hydrogens (tertiary/aromatic N) is 1. The molecule has 0 spiro atoms. The molecule has 0 saturated heterocycles. The third-order valence-electron chi connectivity index (χ3n) is 3.95. The summed E-state index contributed by atoms with van der Waals surface area (Å²) in [6, 6.07) is 8.67. The summed E-state index contributed by atoms with van der Waals surface area (Å²) in [5, 5.41) is 8.92. The fourth-order valence-electron chi connectivity index (χ4n) is 2.65. The molecule has 1 saturated carbocycles. The molecule has 1 aromatic carbocycles. The van der Waals surface area contributed by atoms with E-state index in [1.807, 2.05) is 6.92 Å². The van der Waals surface area contributed by atoms with Gasteiger partial charge in [0.2, 0.25) is 0 Å². The number of carboxylic acid groups (broad SMARTS) is 1. The topological polar surface area (TPSA) is 40.5 Å². The van der Waals surface area contributed by atoms with Crippen LogP contribution in [0.3, 0.4) is 0 Å². The van der Waals surface area contributed by atoms with Crippen LogP contribution in [0, 0.1) is 0 Å². The van der Waals surface area contributed by atoms with Crippen LogP contribution in [0.25, 0.3) is 0 Å². The molecule has 0 aliphatic heterocycles. The normalized spacial score (nSPS) is 16.6. The second-order valence-corrected chi connectivity index (χ2v) is 5.48. The van der Waals surface area contributed by atoms with E-state index in [0.29, 0.717) is 0 Å². The second-order valence-electron chi connectivity index (χ2n) is 5.48. The fourth-order valence-corrected chi connectivity index (χ4v) is 2.65. The molecule has 0 amide bonds. The molecule has 1 fully saturated rings. The minimum absolute atomic E-state index is 0.0785. The Morgan fingerprint density at radius 3 is 2.68 bits per heavy atom. The van der Waals surface area contributed by atoms with Gasteiger partial charge >= 0.3 is 5.97 Å². The third-order valence-corrected chi connectivity index (χ3v) is 3.95. The molecule has 0 heterocycles. The molecule has 3 heteroatoms. The van der Waals surface area contributed by atoms with Crippen molar-refractivity contribution in [3.05, 3.63) is 35.4 Å². The van der Waals surface area contributed by atoms with Gasteiger partial charge in [0.15, 0.2) is 0 Å². The van der Waals surface area contributed by atoms with Crippen LogP contribution in [0.15, 0.2) is 24.3 Å². The zero-order chi connectivity index (χ0) is 13.8. The second kappa shape index (κ2) is 6.20. The van der Waals surface area contributed by atoms with Crippen LogP contribution >= 0.6 is 0 Å². The Morgan fingerprint density at radius 1 is 1.42 bits per heavy atom. The minimum atomic E-state index is -0.721. The largest absolute Gasteiger partial charge is 0.481 e. The van der Waals surface area contributed by atoms with Crippen LogP contribution in [0.4, 0.5) is 0 Å². The number of rotatable bonds is 7. The number of carboxylic acids is 1. The van der Waals surface area contributed by atoms with E-state index in [4.69, 9.17) is 5.11 Å². The average Bonchev–Trinajstić information content (AvgIpc) is 3.19. The monoisotopic (exact) mass is 261 g/mol. The first-order chi connectivity index (χ1) is 9.11. The molecule has 0 aromatic heterocycles. The summed E-state index contributed by atoms with van der Waals surface area (Å²) in [6.07, 6.45) is 2.81. The van der Waals surface area contributed by atoms with Crippen molar-refractivity contribution in [2.24, 2.45) is 0 Å². The first-order valence-corrected chi connectivity index (χ1v) is 7.15.